The Kier molecular flexibility index (Phi) is 3.48. The third-order valence-electron chi connectivity index (χ3n) is 2.37. The summed E-state index contributed by atoms with van der Waals surface area (Å²) in [6.07, 6.45) is 0.536. The second-order valence-electron chi connectivity index (χ2n) is 3.46. The van der Waals surface area contributed by atoms with Gasteiger partial charge in [-0.1, -0.05) is 0 Å². The molecule has 1 aromatic rings. The quantitative estimate of drug-likeness (QED) is 0.768. The maximum absolute atomic E-state index is 8.60. The minimum Gasteiger partial charge on any atom is -0.347 e. The van der Waals surface area contributed by atoms with E-state index in [0.717, 1.165) is 10.8 Å². The van der Waals surface area contributed by atoms with Gasteiger partial charge in [0.15, 0.2) is 5.13 Å². The normalized spacial score (nSPS) is 12.2. The van der Waals surface area contributed by atoms with Gasteiger partial charge in [0.25, 0.3) is 0 Å². The number of thiazole rings is 1. The molecule has 76 valence electrons. The molecule has 1 atom stereocenters. The lowest BCUT2D eigenvalue weighted by Crippen LogP contribution is -2.28. The molecule has 0 aliphatic carbocycles. The van der Waals surface area contributed by atoms with Crippen LogP contribution in [0, 0.1) is 25.2 Å². The first kappa shape index (κ1) is 11.0. The smallest absolute Gasteiger partial charge is 0.185 e. The molecule has 1 aromatic heterocycles. The first-order valence-electron chi connectivity index (χ1n) is 4.60. The van der Waals surface area contributed by atoms with E-state index in [9.17, 15) is 0 Å². The molecule has 1 rings (SSSR count). The Morgan fingerprint density at radius 2 is 2.21 bits per heavy atom. The summed E-state index contributed by atoms with van der Waals surface area (Å²) in [4.78, 5) is 7.76. The number of nitriles is 1. The zero-order valence-electron chi connectivity index (χ0n) is 9.03. The van der Waals surface area contributed by atoms with Crippen molar-refractivity contribution in [3.05, 3.63) is 10.6 Å². The Hall–Kier alpha value is -1.08. The van der Waals surface area contributed by atoms with E-state index in [2.05, 4.69) is 22.9 Å². The lowest BCUT2D eigenvalue weighted by molar-refractivity contribution is 0.700. The molecule has 0 spiro atoms. The van der Waals surface area contributed by atoms with Crippen molar-refractivity contribution < 1.29 is 0 Å². The summed E-state index contributed by atoms with van der Waals surface area (Å²) < 4.78 is 0. The first-order chi connectivity index (χ1) is 6.56. The molecule has 0 aliphatic heterocycles. The Labute approximate surface area is 89.0 Å². The first-order valence-corrected chi connectivity index (χ1v) is 5.41. The van der Waals surface area contributed by atoms with Crippen LogP contribution in [0.3, 0.4) is 0 Å². The Morgan fingerprint density at radius 3 is 2.64 bits per heavy atom. The maximum Gasteiger partial charge on any atom is 0.185 e. The van der Waals surface area contributed by atoms with Crippen LogP contribution in [-0.4, -0.2) is 18.1 Å². The van der Waals surface area contributed by atoms with Crippen molar-refractivity contribution in [2.45, 2.75) is 33.2 Å². The van der Waals surface area contributed by atoms with Crippen LogP contribution in [0.25, 0.3) is 0 Å². The fraction of sp³-hybridized carbons (Fsp3) is 0.600. The molecule has 0 aliphatic rings. The fourth-order valence-electron chi connectivity index (χ4n) is 1.06. The van der Waals surface area contributed by atoms with Crippen molar-refractivity contribution in [2.24, 2.45) is 0 Å². The van der Waals surface area contributed by atoms with Crippen molar-refractivity contribution in [3.63, 3.8) is 0 Å². The van der Waals surface area contributed by atoms with Crippen LogP contribution in [0.4, 0.5) is 5.13 Å². The van der Waals surface area contributed by atoms with E-state index in [0.29, 0.717) is 6.42 Å². The van der Waals surface area contributed by atoms with Crippen molar-refractivity contribution in [1.29, 1.82) is 5.26 Å². The summed E-state index contributed by atoms with van der Waals surface area (Å²) in [5.74, 6) is 0. The number of rotatable bonds is 3. The molecule has 0 saturated heterocycles. The third-order valence-corrected chi connectivity index (χ3v) is 3.53. The molecule has 1 heterocycles. The van der Waals surface area contributed by atoms with Crippen molar-refractivity contribution in [2.75, 3.05) is 11.9 Å². The summed E-state index contributed by atoms with van der Waals surface area (Å²) in [7, 11) is 1.99. The summed E-state index contributed by atoms with van der Waals surface area (Å²) in [5, 5.41) is 9.60. The van der Waals surface area contributed by atoms with Gasteiger partial charge in [-0.25, -0.2) is 4.98 Å². The van der Waals surface area contributed by atoms with Gasteiger partial charge in [0, 0.05) is 18.0 Å². The lowest BCUT2D eigenvalue weighted by atomic mass is 10.2. The van der Waals surface area contributed by atoms with Crippen molar-refractivity contribution in [1.82, 2.24) is 4.98 Å². The summed E-state index contributed by atoms with van der Waals surface area (Å²) in [6.45, 7) is 6.12. The summed E-state index contributed by atoms with van der Waals surface area (Å²) in [6, 6.07) is 2.40. The summed E-state index contributed by atoms with van der Waals surface area (Å²) in [5.41, 5.74) is 1.08. The molecule has 0 N–H and O–H groups in total. The van der Waals surface area contributed by atoms with E-state index >= 15 is 0 Å². The van der Waals surface area contributed by atoms with E-state index in [1.54, 1.807) is 11.3 Å². The highest BCUT2D eigenvalue weighted by Crippen LogP contribution is 2.25. The molecular formula is C10H15N3S. The van der Waals surface area contributed by atoms with Gasteiger partial charge in [-0.2, -0.15) is 5.26 Å². The Morgan fingerprint density at radius 1 is 1.57 bits per heavy atom. The number of nitrogens with zero attached hydrogens (tertiary/aromatic N) is 3. The number of hydrogen-bond acceptors (Lipinski definition) is 4. The van der Waals surface area contributed by atoms with E-state index in [1.165, 1.54) is 4.88 Å². The zero-order valence-corrected chi connectivity index (χ0v) is 9.85. The molecule has 1 unspecified atom stereocenters. The maximum atomic E-state index is 8.60. The number of anilines is 1. The largest absolute Gasteiger partial charge is 0.347 e. The van der Waals surface area contributed by atoms with Gasteiger partial charge in [-0.15, -0.1) is 11.3 Å². The van der Waals surface area contributed by atoms with Crippen molar-refractivity contribution in [3.8, 4) is 6.07 Å². The van der Waals surface area contributed by atoms with E-state index in [1.807, 2.05) is 20.9 Å². The minimum atomic E-state index is 0.227. The van der Waals surface area contributed by atoms with Gasteiger partial charge in [0.05, 0.1) is 18.2 Å². The molecule has 3 nitrogen and oxygen atoms in total. The molecule has 0 saturated carbocycles. The second-order valence-corrected chi connectivity index (χ2v) is 4.64. The van der Waals surface area contributed by atoms with Crippen LogP contribution < -0.4 is 4.90 Å². The molecule has 0 bridgehead atoms. The van der Waals surface area contributed by atoms with Crippen LogP contribution in [0.5, 0.6) is 0 Å². The predicted octanol–water partition coefficient (Wildman–Crippen LogP) is 2.50. The number of aryl methyl sites for hydroxylation is 2. The van der Waals surface area contributed by atoms with Crippen LogP contribution in [0.2, 0.25) is 0 Å². The highest BCUT2D eigenvalue weighted by atomic mass is 32.1. The highest BCUT2D eigenvalue weighted by Gasteiger charge is 2.13. The lowest BCUT2D eigenvalue weighted by Gasteiger charge is -2.21. The average molecular weight is 209 g/mol. The molecular weight excluding hydrogens is 194 g/mol. The van der Waals surface area contributed by atoms with Crippen molar-refractivity contribution >= 4 is 16.5 Å². The fourth-order valence-corrected chi connectivity index (χ4v) is 2.04. The highest BCUT2D eigenvalue weighted by molar-refractivity contribution is 7.15. The molecule has 0 fully saturated rings. The SMILES string of the molecule is Cc1nc(N(C)C(C)CC#N)sc1C. The van der Waals surface area contributed by atoms with Gasteiger partial charge in [-0.05, 0) is 20.8 Å². The topological polar surface area (TPSA) is 39.9 Å². The van der Waals surface area contributed by atoms with Crippen LogP contribution >= 0.6 is 11.3 Å². The molecule has 4 heteroatoms. The van der Waals surface area contributed by atoms with Crippen LogP contribution in [0.15, 0.2) is 0 Å². The van der Waals surface area contributed by atoms with E-state index in [-0.39, 0.29) is 6.04 Å². The van der Waals surface area contributed by atoms with Crippen LogP contribution in [-0.2, 0) is 0 Å². The monoisotopic (exact) mass is 209 g/mol. The second kappa shape index (κ2) is 4.43. The minimum absolute atomic E-state index is 0.227. The molecule has 0 amide bonds. The standard InChI is InChI=1S/C10H15N3S/c1-7(5-6-11)13(4)10-12-8(2)9(3)14-10/h7H,5H2,1-4H3. The zero-order chi connectivity index (χ0) is 10.7. The predicted molar refractivity (Wildman–Crippen MR) is 59.7 cm³/mol. The molecule has 0 aromatic carbocycles. The van der Waals surface area contributed by atoms with Gasteiger partial charge in [0.2, 0.25) is 0 Å². The van der Waals surface area contributed by atoms with Gasteiger partial charge in [-0.3, -0.25) is 0 Å². The Bertz CT molecular complexity index is 331. The van der Waals surface area contributed by atoms with Gasteiger partial charge in [0.1, 0.15) is 0 Å². The number of aromatic nitrogens is 1. The number of hydrogen-bond donors (Lipinski definition) is 0. The summed E-state index contributed by atoms with van der Waals surface area (Å²) >= 11 is 1.68. The van der Waals surface area contributed by atoms with E-state index < -0.39 is 0 Å². The molecule has 0 radical (unpaired) electrons. The molecule has 14 heavy (non-hydrogen) atoms. The average Bonchev–Trinajstić information content (AvgIpc) is 2.46. The van der Waals surface area contributed by atoms with Crippen LogP contribution in [0.1, 0.15) is 23.9 Å². The van der Waals surface area contributed by atoms with E-state index in [4.69, 9.17) is 5.26 Å². The van der Waals surface area contributed by atoms with Gasteiger partial charge < -0.3 is 4.90 Å². The Balaban J connectivity index is 2.79. The third kappa shape index (κ3) is 2.24. The van der Waals surface area contributed by atoms with Gasteiger partial charge >= 0.3 is 0 Å².